The fourth-order valence-corrected chi connectivity index (χ4v) is 1.49. The lowest BCUT2D eigenvalue weighted by Crippen LogP contribution is -2.25. The van der Waals surface area contributed by atoms with Gasteiger partial charge in [0.2, 0.25) is 0 Å². The molecule has 6 nitrogen and oxygen atoms in total. The van der Waals surface area contributed by atoms with Gasteiger partial charge in [0.1, 0.15) is 23.2 Å². The minimum absolute atomic E-state index is 0.0110. The molecule has 2 heterocycles. The van der Waals surface area contributed by atoms with E-state index >= 15 is 0 Å². The van der Waals surface area contributed by atoms with E-state index in [1.807, 2.05) is 6.07 Å². The number of nitriles is 1. The van der Waals surface area contributed by atoms with Crippen molar-refractivity contribution in [2.45, 2.75) is 13.1 Å². The third-order valence-corrected chi connectivity index (χ3v) is 2.47. The van der Waals surface area contributed by atoms with Crippen LogP contribution in [0.3, 0.4) is 0 Å². The van der Waals surface area contributed by atoms with E-state index in [0.717, 1.165) is 5.76 Å². The van der Waals surface area contributed by atoms with Crippen LogP contribution >= 0.6 is 0 Å². The number of furan rings is 2. The highest BCUT2D eigenvalue weighted by molar-refractivity contribution is 5.97. The number of rotatable bonds is 6. The molecule has 2 rings (SSSR count). The van der Waals surface area contributed by atoms with Crippen LogP contribution < -0.4 is 10.6 Å². The predicted octanol–water partition coefficient (Wildman–Crippen LogP) is 1.69. The van der Waals surface area contributed by atoms with E-state index in [1.54, 1.807) is 30.5 Å². The quantitative estimate of drug-likeness (QED) is 0.616. The highest BCUT2D eigenvalue weighted by Gasteiger charge is 2.08. The van der Waals surface area contributed by atoms with Crippen molar-refractivity contribution in [2.75, 3.05) is 0 Å². The van der Waals surface area contributed by atoms with Crippen molar-refractivity contribution in [3.63, 3.8) is 0 Å². The van der Waals surface area contributed by atoms with Gasteiger partial charge in [0, 0.05) is 6.20 Å². The highest BCUT2D eigenvalue weighted by Crippen LogP contribution is 2.01. The molecule has 0 atom stereocenters. The van der Waals surface area contributed by atoms with E-state index in [4.69, 9.17) is 14.1 Å². The van der Waals surface area contributed by atoms with Crippen molar-refractivity contribution in [3.05, 3.63) is 60.1 Å². The number of amides is 1. The molecule has 0 saturated carbocycles. The fourth-order valence-electron chi connectivity index (χ4n) is 1.49. The molecule has 2 aromatic heterocycles. The molecule has 2 N–H and O–H groups in total. The number of carbonyl (C=O) groups excluding carboxylic acids is 1. The zero-order valence-corrected chi connectivity index (χ0v) is 10.6. The molecule has 0 aliphatic rings. The Balaban J connectivity index is 1.83. The van der Waals surface area contributed by atoms with Crippen LogP contribution in [0.1, 0.15) is 11.5 Å². The summed E-state index contributed by atoms with van der Waals surface area (Å²) in [5.74, 6) is 0.879. The van der Waals surface area contributed by atoms with Gasteiger partial charge in [0.05, 0.1) is 25.6 Å². The van der Waals surface area contributed by atoms with Gasteiger partial charge in [-0.1, -0.05) is 0 Å². The Labute approximate surface area is 115 Å². The van der Waals surface area contributed by atoms with Crippen LogP contribution in [0.5, 0.6) is 0 Å². The summed E-state index contributed by atoms with van der Waals surface area (Å²) in [6.45, 7) is 0.646. The summed E-state index contributed by atoms with van der Waals surface area (Å²) in [5.41, 5.74) is -0.0110. The van der Waals surface area contributed by atoms with Gasteiger partial charge in [-0.25, -0.2) is 0 Å². The van der Waals surface area contributed by atoms with Gasteiger partial charge in [-0.3, -0.25) is 4.79 Å². The van der Waals surface area contributed by atoms with Crippen molar-refractivity contribution < 1.29 is 13.6 Å². The summed E-state index contributed by atoms with van der Waals surface area (Å²) in [4.78, 5) is 11.8. The fraction of sp³-hybridized carbons (Fsp3) is 0.143. The van der Waals surface area contributed by atoms with Gasteiger partial charge in [0.15, 0.2) is 0 Å². The molecule has 0 radical (unpaired) electrons. The van der Waals surface area contributed by atoms with E-state index in [0.29, 0.717) is 12.3 Å². The molecule has 6 heteroatoms. The van der Waals surface area contributed by atoms with Crippen LogP contribution in [0.4, 0.5) is 0 Å². The zero-order valence-electron chi connectivity index (χ0n) is 10.6. The van der Waals surface area contributed by atoms with E-state index in [9.17, 15) is 4.79 Å². The predicted molar refractivity (Wildman–Crippen MR) is 69.8 cm³/mol. The number of hydrogen-bond donors (Lipinski definition) is 2. The molecule has 0 spiro atoms. The topological polar surface area (TPSA) is 91.2 Å². The second kappa shape index (κ2) is 6.85. The van der Waals surface area contributed by atoms with Crippen molar-refractivity contribution in [1.82, 2.24) is 10.6 Å². The summed E-state index contributed by atoms with van der Waals surface area (Å²) in [5, 5.41) is 14.4. The van der Waals surface area contributed by atoms with Crippen LogP contribution in [-0.2, 0) is 17.9 Å². The second-order valence-electron chi connectivity index (χ2n) is 3.89. The van der Waals surface area contributed by atoms with Crippen molar-refractivity contribution in [3.8, 4) is 6.07 Å². The first kappa shape index (κ1) is 13.5. The minimum Gasteiger partial charge on any atom is -0.467 e. The zero-order chi connectivity index (χ0) is 14.2. The standard InChI is InChI=1S/C14H13N3O3/c15-7-11(8-16-9-12-3-1-5-19-12)14(18)17-10-13-4-2-6-20-13/h1-6,8,16H,9-10H2,(H,17,18)/b11-8-. The molecule has 102 valence electrons. The Hall–Kier alpha value is -2.94. The van der Waals surface area contributed by atoms with Gasteiger partial charge < -0.3 is 19.5 Å². The number of carbonyl (C=O) groups is 1. The van der Waals surface area contributed by atoms with Crippen molar-refractivity contribution in [2.24, 2.45) is 0 Å². The summed E-state index contributed by atoms with van der Waals surface area (Å²) in [7, 11) is 0. The maximum atomic E-state index is 11.8. The highest BCUT2D eigenvalue weighted by atomic mass is 16.3. The average molecular weight is 271 g/mol. The van der Waals surface area contributed by atoms with Crippen LogP contribution in [0.2, 0.25) is 0 Å². The molecule has 0 unspecified atom stereocenters. The molecule has 0 aromatic carbocycles. The maximum absolute atomic E-state index is 11.8. The van der Waals surface area contributed by atoms with Gasteiger partial charge in [-0.2, -0.15) is 5.26 Å². The monoisotopic (exact) mass is 271 g/mol. The first-order chi connectivity index (χ1) is 9.79. The SMILES string of the molecule is N#C/C(=C/NCc1ccco1)C(=O)NCc1ccco1. The van der Waals surface area contributed by atoms with Crippen molar-refractivity contribution in [1.29, 1.82) is 5.26 Å². The van der Waals surface area contributed by atoms with E-state index in [2.05, 4.69) is 10.6 Å². The Morgan fingerprint density at radius 3 is 2.40 bits per heavy atom. The molecule has 0 aliphatic carbocycles. The largest absolute Gasteiger partial charge is 0.467 e. The van der Waals surface area contributed by atoms with E-state index < -0.39 is 5.91 Å². The maximum Gasteiger partial charge on any atom is 0.263 e. The Morgan fingerprint density at radius 2 is 1.85 bits per heavy atom. The lowest BCUT2D eigenvalue weighted by molar-refractivity contribution is -0.117. The molecule has 0 fully saturated rings. The molecule has 0 saturated heterocycles. The van der Waals surface area contributed by atoms with Gasteiger partial charge in [-0.05, 0) is 24.3 Å². The average Bonchev–Trinajstić information content (AvgIpc) is 3.14. The second-order valence-corrected chi connectivity index (χ2v) is 3.89. The van der Waals surface area contributed by atoms with Gasteiger partial charge >= 0.3 is 0 Å². The Bertz CT molecular complexity index is 607. The third kappa shape index (κ3) is 3.78. The summed E-state index contributed by atoms with van der Waals surface area (Å²) in [6, 6.07) is 8.87. The first-order valence-electron chi connectivity index (χ1n) is 5.96. The van der Waals surface area contributed by atoms with E-state index in [-0.39, 0.29) is 12.1 Å². The lowest BCUT2D eigenvalue weighted by atomic mass is 10.3. The molecular formula is C14H13N3O3. The van der Waals surface area contributed by atoms with Crippen LogP contribution in [0.25, 0.3) is 0 Å². The number of nitrogens with zero attached hydrogens (tertiary/aromatic N) is 1. The lowest BCUT2D eigenvalue weighted by Gasteiger charge is -2.02. The number of hydrogen-bond acceptors (Lipinski definition) is 5. The Morgan fingerprint density at radius 1 is 1.20 bits per heavy atom. The van der Waals surface area contributed by atoms with Gasteiger partial charge in [0.25, 0.3) is 5.91 Å². The molecule has 2 aromatic rings. The van der Waals surface area contributed by atoms with Crippen LogP contribution in [0.15, 0.2) is 57.4 Å². The summed E-state index contributed by atoms with van der Waals surface area (Å²) >= 11 is 0. The van der Waals surface area contributed by atoms with Crippen LogP contribution in [0, 0.1) is 11.3 Å². The Kier molecular flexibility index (Phi) is 4.62. The summed E-state index contributed by atoms with van der Waals surface area (Å²) in [6.07, 6.45) is 4.44. The molecule has 0 bridgehead atoms. The normalized spacial score (nSPS) is 10.8. The van der Waals surface area contributed by atoms with Crippen LogP contribution in [-0.4, -0.2) is 5.91 Å². The first-order valence-corrected chi connectivity index (χ1v) is 5.96. The smallest absolute Gasteiger partial charge is 0.263 e. The minimum atomic E-state index is -0.462. The summed E-state index contributed by atoms with van der Waals surface area (Å²) < 4.78 is 10.2. The van der Waals surface area contributed by atoms with Gasteiger partial charge in [-0.15, -0.1) is 0 Å². The van der Waals surface area contributed by atoms with Crippen molar-refractivity contribution >= 4 is 5.91 Å². The molecule has 20 heavy (non-hydrogen) atoms. The van der Waals surface area contributed by atoms with E-state index in [1.165, 1.54) is 12.5 Å². The molecular weight excluding hydrogens is 258 g/mol. The molecule has 1 amide bonds. The third-order valence-electron chi connectivity index (χ3n) is 2.47. The molecule has 0 aliphatic heterocycles. The number of nitrogens with one attached hydrogen (secondary N) is 2.